The molecule has 0 aromatic heterocycles. The number of ether oxygens (including phenoxy) is 1. The van der Waals surface area contributed by atoms with Gasteiger partial charge in [-0.05, 0) is 37.1 Å². The fraction of sp³-hybridized carbons (Fsp3) is 0.188. The number of nitrogen functional groups attached to an aromatic ring is 1. The van der Waals surface area contributed by atoms with Gasteiger partial charge in [0.2, 0.25) is 0 Å². The van der Waals surface area contributed by atoms with E-state index in [1.54, 1.807) is 18.2 Å². The van der Waals surface area contributed by atoms with Gasteiger partial charge in [-0.1, -0.05) is 29.8 Å². The van der Waals surface area contributed by atoms with Crippen LogP contribution in [-0.4, -0.2) is 11.1 Å². The number of hydrogen-bond acceptors (Lipinski definition) is 3. The molecule has 0 aliphatic heterocycles. The third-order valence-electron chi connectivity index (χ3n) is 3.16. The number of carboxylic acids is 1. The Hall–Kier alpha value is -2.49. The van der Waals surface area contributed by atoms with Crippen molar-refractivity contribution < 1.29 is 14.6 Å². The van der Waals surface area contributed by atoms with Gasteiger partial charge in [-0.15, -0.1) is 0 Å². The molecule has 0 saturated heterocycles. The highest BCUT2D eigenvalue weighted by Crippen LogP contribution is 2.25. The molecule has 104 valence electrons. The molecule has 0 radical (unpaired) electrons. The third kappa shape index (κ3) is 2.91. The molecule has 2 aromatic carbocycles. The van der Waals surface area contributed by atoms with E-state index in [9.17, 15) is 9.90 Å². The Labute approximate surface area is 117 Å². The Balaban J connectivity index is 2.25. The zero-order valence-electron chi connectivity index (χ0n) is 11.5. The van der Waals surface area contributed by atoms with Crippen LogP contribution in [0.1, 0.15) is 27.0 Å². The topological polar surface area (TPSA) is 72.5 Å². The first kappa shape index (κ1) is 13.9. The summed E-state index contributed by atoms with van der Waals surface area (Å²) in [5.41, 5.74) is 9.18. The first-order valence-electron chi connectivity index (χ1n) is 6.29. The quantitative estimate of drug-likeness (QED) is 0.838. The average Bonchev–Trinajstić information content (AvgIpc) is 2.39. The van der Waals surface area contributed by atoms with Gasteiger partial charge in [-0.3, -0.25) is 0 Å². The number of hydrogen-bond donors (Lipinski definition) is 2. The summed E-state index contributed by atoms with van der Waals surface area (Å²) in [5, 5.41) is 9.18. The third-order valence-corrected chi connectivity index (χ3v) is 3.16. The van der Waals surface area contributed by atoms with Crippen molar-refractivity contribution in [2.75, 3.05) is 5.73 Å². The lowest BCUT2D eigenvalue weighted by Crippen LogP contribution is -2.07. The number of benzene rings is 2. The Kier molecular flexibility index (Phi) is 3.94. The van der Waals surface area contributed by atoms with Crippen LogP contribution in [0.4, 0.5) is 5.69 Å². The molecule has 0 amide bonds. The van der Waals surface area contributed by atoms with E-state index in [1.807, 2.05) is 32.0 Å². The molecule has 0 aliphatic rings. The average molecular weight is 271 g/mol. The summed E-state index contributed by atoms with van der Waals surface area (Å²) in [5.74, 6) is -0.794. The van der Waals surface area contributed by atoms with E-state index >= 15 is 0 Å². The number of anilines is 1. The first-order valence-corrected chi connectivity index (χ1v) is 6.29. The number of nitrogens with two attached hydrogens (primary N) is 1. The number of carboxylic acid groups (broad SMARTS) is 1. The Bertz CT molecular complexity index is 650. The van der Waals surface area contributed by atoms with Crippen LogP contribution < -0.4 is 10.5 Å². The molecule has 0 saturated carbocycles. The van der Waals surface area contributed by atoms with Gasteiger partial charge in [0.25, 0.3) is 0 Å². The summed E-state index contributed by atoms with van der Waals surface area (Å²) in [7, 11) is 0. The molecule has 3 N–H and O–H groups in total. The molecular formula is C16H17NO3. The van der Waals surface area contributed by atoms with Crippen LogP contribution in [-0.2, 0) is 6.61 Å². The van der Waals surface area contributed by atoms with Gasteiger partial charge in [-0.2, -0.15) is 0 Å². The van der Waals surface area contributed by atoms with Crippen LogP contribution in [0, 0.1) is 13.8 Å². The molecule has 0 atom stereocenters. The highest BCUT2D eigenvalue weighted by Gasteiger charge is 2.15. The zero-order chi connectivity index (χ0) is 14.7. The highest BCUT2D eigenvalue weighted by molar-refractivity contribution is 5.96. The second-order valence-corrected chi connectivity index (χ2v) is 4.74. The first-order chi connectivity index (χ1) is 9.49. The summed E-state index contributed by atoms with van der Waals surface area (Å²) in [6.45, 7) is 4.32. The van der Waals surface area contributed by atoms with Gasteiger partial charge in [-0.25, -0.2) is 4.79 Å². The van der Waals surface area contributed by atoms with E-state index in [-0.39, 0.29) is 11.3 Å². The van der Waals surface area contributed by atoms with Gasteiger partial charge in [0.1, 0.15) is 17.9 Å². The fourth-order valence-corrected chi connectivity index (χ4v) is 2.01. The highest BCUT2D eigenvalue weighted by atomic mass is 16.5. The van der Waals surface area contributed by atoms with Gasteiger partial charge >= 0.3 is 5.97 Å². The molecule has 0 heterocycles. The Morgan fingerprint density at radius 2 is 2.00 bits per heavy atom. The fourth-order valence-electron chi connectivity index (χ4n) is 2.01. The summed E-state index contributed by atoms with van der Waals surface area (Å²) in [4.78, 5) is 11.2. The predicted octanol–water partition coefficient (Wildman–Crippen LogP) is 3.16. The van der Waals surface area contributed by atoms with Crippen LogP contribution in [0.15, 0.2) is 36.4 Å². The number of aryl methyl sites for hydroxylation is 2. The molecule has 4 nitrogen and oxygen atoms in total. The minimum atomic E-state index is -1.08. The van der Waals surface area contributed by atoms with E-state index in [2.05, 4.69) is 0 Å². The summed E-state index contributed by atoms with van der Waals surface area (Å²) in [6, 6.07) is 10.9. The monoisotopic (exact) mass is 271 g/mol. The minimum Gasteiger partial charge on any atom is -0.488 e. The van der Waals surface area contributed by atoms with E-state index in [0.717, 1.165) is 16.7 Å². The number of rotatable bonds is 4. The van der Waals surface area contributed by atoms with Crippen molar-refractivity contribution in [1.29, 1.82) is 0 Å². The van der Waals surface area contributed by atoms with Gasteiger partial charge < -0.3 is 15.6 Å². The normalized spacial score (nSPS) is 10.3. The van der Waals surface area contributed by atoms with E-state index in [4.69, 9.17) is 10.5 Å². The smallest absolute Gasteiger partial charge is 0.341 e. The van der Waals surface area contributed by atoms with Crippen LogP contribution in [0.25, 0.3) is 0 Å². The SMILES string of the molecule is Cc1ccc(C)c(COc2cccc(N)c2C(=O)O)c1. The zero-order valence-corrected chi connectivity index (χ0v) is 11.5. The van der Waals surface area contributed by atoms with Crippen molar-refractivity contribution >= 4 is 11.7 Å². The Morgan fingerprint density at radius 3 is 2.70 bits per heavy atom. The van der Waals surface area contributed by atoms with Gasteiger partial charge in [0.05, 0.1) is 0 Å². The number of carbonyl (C=O) groups is 1. The summed E-state index contributed by atoms with van der Waals surface area (Å²) >= 11 is 0. The van der Waals surface area contributed by atoms with Crippen molar-refractivity contribution in [3.05, 3.63) is 58.7 Å². The molecule has 20 heavy (non-hydrogen) atoms. The molecular weight excluding hydrogens is 254 g/mol. The van der Waals surface area contributed by atoms with Crippen LogP contribution >= 0.6 is 0 Å². The summed E-state index contributed by atoms with van der Waals surface area (Å²) < 4.78 is 5.64. The summed E-state index contributed by atoms with van der Waals surface area (Å²) in [6.07, 6.45) is 0. The van der Waals surface area contributed by atoms with Crippen LogP contribution in [0.2, 0.25) is 0 Å². The molecule has 2 aromatic rings. The van der Waals surface area contributed by atoms with Crippen LogP contribution in [0.5, 0.6) is 5.75 Å². The van der Waals surface area contributed by atoms with E-state index in [0.29, 0.717) is 12.4 Å². The molecule has 0 unspecified atom stereocenters. The second kappa shape index (κ2) is 5.65. The standard InChI is InChI=1S/C16H17NO3/c1-10-6-7-11(2)12(8-10)9-20-14-5-3-4-13(17)15(14)16(18)19/h3-8H,9,17H2,1-2H3,(H,18,19). The van der Waals surface area contributed by atoms with Crippen molar-refractivity contribution in [3.63, 3.8) is 0 Å². The van der Waals surface area contributed by atoms with Crippen molar-refractivity contribution in [1.82, 2.24) is 0 Å². The second-order valence-electron chi connectivity index (χ2n) is 4.74. The lowest BCUT2D eigenvalue weighted by molar-refractivity contribution is 0.0693. The van der Waals surface area contributed by atoms with Crippen LogP contribution in [0.3, 0.4) is 0 Å². The van der Waals surface area contributed by atoms with Crippen molar-refractivity contribution in [3.8, 4) is 5.75 Å². The molecule has 0 aliphatic carbocycles. The molecule has 0 fully saturated rings. The number of aromatic carboxylic acids is 1. The largest absolute Gasteiger partial charge is 0.488 e. The van der Waals surface area contributed by atoms with Gasteiger partial charge in [0.15, 0.2) is 0 Å². The maximum atomic E-state index is 11.2. The van der Waals surface area contributed by atoms with E-state index < -0.39 is 5.97 Å². The molecule has 0 spiro atoms. The van der Waals surface area contributed by atoms with Crippen molar-refractivity contribution in [2.24, 2.45) is 0 Å². The minimum absolute atomic E-state index is 0.0119. The lowest BCUT2D eigenvalue weighted by Gasteiger charge is -2.12. The molecule has 0 bridgehead atoms. The Morgan fingerprint density at radius 1 is 1.25 bits per heavy atom. The molecule has 4 heteroatoms. The van der Waals surface area contributed by atoms with Crippen molar-refractivity contribution in [2.45, 2.75) is 20.5 Å². The van der Waals surface area contributed by atoms with E-state index in [1.165, 1.54) is 0 Å². The molecule has 2 rings (SSSR count). The lowest BCUT2D eigenvalue weighted by atomic mass is 10.1. The maximum absolute atomic E-state index is 11.2. The maximum Gasteiger partial charge on any atom is 0.341 e. The predicted molar refractivity (Wildman–Crippen MR) is 78.1 cm³/mol. The van der Waals surface area contributed by atoms with Gasteiger partial charge in [0, 0.05) is 5.69 Å².